The molecule has 0 aromatic carbocycles. The molecule has 0 aliphatic carbocycles. The number of Topliss-reactive ketones (excluding diaryl/α,β-unsaturated/α-hetero) is 1. The van der Waals surface area contributed by atoms with E-state index in [9.17, 15) is 9.59 Å². The Bertz CT molecular complexity index is 375. The summed E-state index contributed by atoms with van der Waals surface area (Å²) < 4.78 is 5.12. The Morgan fingerprint density at radius 3 is 3.12 bits per heavy atom. The molecule has 16 heavy (non-hydrogen) atoms. The topological polar surface area (TPSA) is 46.6 Å². The van der Waals surface area contributed by atoms with Crippen LogP contribution in [0.2, 0.25) is 0 Å². The summed E-state index contributed by atoms with van der Waals surface area (Å²) in [6, 6.07) is 3.83. The van der Waals surface area contributed by atoms with E-state index < -0.39 is 0 Å². The number of hydrogen-bond acceptors (Lipinski definition) is 4. The van der Waals surface area contributed by atoms with Crippen molar-refractivity contribution in [2.45, 2.75) is 19.4 Å². The smallest absolute Gasteiger partial charge is 0.410 e. The molecule has 5 heteroatoms. The molecule has 0 unspecified atom stereocenters. The van der Waals surface area contributed by atoms with Gasteiger partial charge in [0, 0.05) is 17.8 Å². The average molecular weight is 239 g/mol. The van der Waals surface area contributed by atoms with Crippen LogP contribution < -0.4 is 0 Å². The zero-order valence-corrected chi connectivity index (χ0v) is 9.66. The van der Waals surface area contributed by atoms with Gasteiger partial charge in [0.2, 0.25) is 0 Å². The second-order valence-corrected chi connectivity index (χ2v) is 4.73. The molecule has 1 amide bonds. The van der Waals surface area contributed by atoms with E-state index in [0.29, 0.717) is 19.6 Å². The summed E-state index contributed by atoms with van der Waals surface area (Å²) in [5, 5.41) is 1.94. The van der Waals surface area contributed by atoms with E-state index in [0.717, 1.165) is 11.3 Å². The van der Waals surface area contributed by atoms with Gasteiger partial charge in [0.15, 0.2) is 5.78 Å². The normalized spacial score (nSPS) is 16.2. The van der Waals surface area contributed by atoms with Crippen molar-refractivity contribution in [1.29, 1.82) is 0 Å². The number of ether oxygens (including phenoxy) is 1. The number of hydrogen-bond donors (Lipinski definition) is 0. The molecule has 0 bridgehead atoms. The minimum atomic E-state index is -0.388. The van der Waals surface area contributed by atoms with Gasteiger partial charge in [-0.15, -0.1) is 11.3 Å². The highest BCUT2D eigenvalue weighted by Crippen LogP contribution is 2.12. The van der Waals surface area contributed by atoms with Crippen LogP contribution in [-0.4, -0.2) is 29.9 Å². The highest BCUT2D eigenvalue weighted by atomic mass is 32.1. The molecule has 4 nitrogen and oxygen atoms in total. The molecule has 0 N–H and O–H groups in total. The second kappa shape index (κ2) is 5.12. The maximum absolute atomic E-state index is 11.6. The lowest BCUT2D eigenvalue weighted by atomic mass is 10.1. The van der Waals surface area contributed by atoms with Crippen LogP contribution in [0, 0.1) is 0 Å². The van der Waals surface area contributed by atoms with E-state index in [1.54, 1.807) is 11.3 Å². The van der Waals surface area contributed by atoms with Crippen molar-refractivity contribution in [3.8, 4) is 0 Å². The molecular weight excluding hydrogens is 226 g/mol. The fourth-order valence-corrected chi connectivity index (χ4v) is 2.23. The number of likely N-dealkylation sites (tertiary alicyclic amines) is 1. The van der Waals surface area contributed by atoms with Crippen LogP contribution in [0.3, 0.4) is 0 Å². The Morgan fingerprint density at radius 2 is 2.44 bits per heavy atom. The molecule has 1 aliphatic rings. The van der Waals surface area contributed by atoms with Crippen molar-refractivity contribution in [1.82, 2.24) is 4.90 Å². The fraction of sp³-hybridized carbons (Fsp3) is 0.455. The summed E-state index contributed by atoms with van der Waals surface area (Å²) in [5.74, 6) is 0.110. The first kappa shape index (κ1) is 11.1. The van der Waals surface area contributed by atoms with Crippen LogP contribution in [0.25, 0.3) is 0 Å². The van der Waals surface area contributed by atoms with E-state index in [-0.39, 0.29) is 18.4 Å². The summed E-state index contributed by atoms with van der Waals surface area (Å²) in [5.41, 5.74) is 0. The van der Waals surface area contributed by atoms with Gasteiger partial charge in [-0.3, -0.25) is 4.79 Å². The lowest BCUT2D eigenvalue weighted by Crippen LogP contribution is -2.40. The molecule has 0 radical (unpaired) electrons. The van der Waals surface area contributed by atoms with Gasteiger partial charge in [-0.25, -0.2) is 4.79 Å². The largest absolute Gasteiger partial charge is 0.444 e. The molecule has 2 rings (SSSR count). The van der Waals surface area contributed by atoms with E-state index in [2.05, 4.69) is 0 Å². The van der Waals surface area contributed by atoms with Gasteiger partial charge in [0.05, 0.1) is 6.54 Å². The third-order valence-electron chi connectivity index (χ3n) is 2.43. The molecule has 0 saturated carbocycles. The lowest BCUT2D eigenvalue weighted by Gasteiger charge is -2.24. The van der Waals surface area contributed by atoms with Gasteiger partial charge < -0.3 is 9.64 Å². The Morgan fingerprint density at radius 1 is 1.56 bits per heavy atom. The monoisotopic (exact) mass is 239 g/mol. The number of thiophene rings is 1. The quantitative estimate of drug-likeness (QED) is 0.793. The van der Waals surface area contributed by atoms with Gasteiger partial charge in [0.1, 0.15) is 6.61 Å². The molecule has 1 aliphatic heterocycles. The number of amides is 1. The van der Waals surface area contributed by atoms with Crippen LogP contribution in [0.1, 0.15) is 17.7 Å². The van der Waals surface area contributed by atoms with Gasteiger partial charge >= 0.3 is 6.09 Å². The van der Waals surface area contributed by atoms with E-state index in [1.165, 1.54) is 4.90 Å². The Hall–Kier alpha value is -1.36. The summed E-state index contributed by atoms with van der Waals surface area (Å²) in [6.07, 6.45) is 0.934. The molecule has 1 aromatic rings. The van der Waals surface area contributed by atoms with E-state index >= 15 is 0 Å². The number of ketones is 1. The maximum Gasteiger partial charge on any atom is 0.410 e. The van der Waals surface area contributed by atoms with Crippen molar-refractivity contribution in [3.05, 3.63) is 22.4 Å². The van der Waals surface area contributed by atoms with Crippen LogP contribution in [0.15, 0.2) is 17.5 Å². The van der Waals surface area contributed by atoms with Crippen LogP contribution in [0.5, 0.6) is 0 Å². The van der Waals surface area contributed by atoms with Crippen molar-refractivity contribution in [3.63, 3.8) is 0 Å². The Balaban J connectivity index is 1.81. The third-order valence-corrected chi connectivity index (χ3v) is 3.28. The van der Waals surface area contributed by atoms with Crippen molar-refractivity contribution in [2.24, 2.45) is 0 Å². The molecule has 0 spiro atoms. The fourth-order valence-electron chi connectivity index (χ4n) is 1.61. The van der Waals surface area contributed by atoms with E-state index in [1.807, 2.05) is 17.5 Å². The first-order valence-electron chi connectivity index (χ1n) is 5.21. The number of carbonyl (C=O) groups excluding carboxylic acids is 2. The minimum Gasteiger partial charge on any atom is -0.444 e. The van der Waals surface area contributed by atoms with Crippen molar-refractivity contribution in [2.75, 3.05) is 13.1 Å². The Kier molecular flexibility index (Phi) is 3.56. The zero-order chi connectivity index (χ0) is 11.4. The van der Waals surface area contributed by atoms with Gasteiger partial charge in [-0.2, -0.15) is 0 Å². The van der Waals surface area contributed by atoms with Gasteiger partial charge in [-0.1, -0.05) is 6.07 Å². The van der Waals surface area contributed by atoms with Crippen molar-refractivity contribution >= 4 is 23.2 Å². The molecule has 86 valence electrons. The summed E-state index contributed by atoms with van der Waals surface area (Å²) >= 11 is 1.55. The van der Waals surface area contributed by atoms with E-state index in [4.69, 9.17) is 4.74 Å². The van der Waals surface area contributed by atoms with Gasteiger partial charge in [0.25, 0.3) is 0 Å². The molecule has 0 atom stereocenters. The predicted octanol–water partition coefficient (Wildman–Crippen LogP) is 2.05. The highest BCUT2D eigenvalue weighted by Gasteiger charge is 2.22. The standard InChI is InChI=1S/C11H13NO3S/c13-9-3-1-5-12(7-9)11(14)15-8-10-4-2-6-16-10/h2,4,6H,1,3,5,7-8H2. The van der Waals surface area contributed by atoms with Crippen LogP contribution >= 0.6 is 11.3 Å². The van der Waals surface area contributed by atoms with Crippen LogP contribution in [-0.2, 0) is 16.1 Å². The molecule has 1 aromatic heterocycles. The first-order valence-corrected chi connectivity index (χ1v) is 6.09. The number of piperidine rings is 1. The highest BCUT2D eigenvalue weighted by molar-refractivity contribution is 7.09. The SMILES string of the molecule is O=C1CCCN(C(=O)OCc2cccs2)C1. The first-order chi connectivity index (χ1) is 7.75. The zero-order valence-electron chi connectivity index (χ0n) is 8.85. The molecule has 1 fully saturated rings. The maximum atomic E-state index is 11.6. The number of rotatable bonds is 2. The van der Waals surface area contributed by atoms with Crippen LogP contribution in [0.4, 0.5) is 4.79 Å². The molecular formula is C11H13NO3S. The summed E-state index contributed by atoms with van der Waals surface area (Å²) in [7, 11) is 0. The summed E-state index contributed by atoms with van der Waals surface area (Å²) in [6.45, 7) is 1.11. The number of nitrogens with zero attached hydrogens (tertiary/aromatic N) is 1. The molecule has 1 saturated heterocycles. The molecule has 2 heterocycles. The van der Waals surface area contributed by atoms with Gasteiger partial charge in [-0.05, 0) is 17.9 Å². The van der Waals surface area contributed by atoms with Crippen molar-refractivity contribution < 1.29 is 14.3 Å². The summed E-state index contributed by atoms with van der Waals surface area (Å²) in [4.78, 5) is 25.2. The average Bonchev–Trinajstić information content (AvgIpc) is 2.78. The second-order valence-electron chi connectivity index (χ2n) is 3.70. The minimum absolute atomic E-state index is 0.110. The lowest BCUT2D eigenvalue weighted by molar-refractivity contribution is -0.121. The third kappa shape index (κ3) is 2.82. The Labute approximate surface area is 97.8 Å². The number of carbonyl (C=O) groups is 2. The predicted molar refractivity (Wildman–Crippen MR) is 60.3 cm³/mol.